The van der Waals surface area contributed by atoms with Crippen molar-refractivity contribution in [1.82, 2.24) is 0 Å². The Labute approximate surface area is 105 Å². The van der Waals surface area contributed by atoms with Crippen LogP contribution in [0.1, 0.15) is 13.8 Å². The van der Waals surface area contributed by atoms with Crippen molar-refractivity contribution >= 4 is 5.97 Å². The van der Waals surface area contributed by atoms with Gasteiger partial charge >= 0.3 is 5.97 Å². The summed E-state index contributed by atoms with van der Waals surface area (Å²) in [5, 5.41) is 12.6. The quantitative estimate of drug-likeness (QED) is 0.328. The SMILES string of the molecule is CCOC(=O)C(N=N)=C(O)COC1=CC=C[C@@H]1C. The number of nitrogens with zero attached hydrogens (tertiary/aromatic N) is 1. The molecule has 0 aromatic carbocycles. The number of ether oxygens (including phenoxy) is 2. The minimum atomic E-state index is -0.833. The van der Waals surface area contributed by atoms with E-state index < -0.39 is 17.4 Å². The molecule has 0 radical (unpaired) electrons. The van der Waals surface area contributed by atoms with Gasteiger partial charge in [0.25, 0.3) is 0 Å². The molecular weight excluding hydrogens is 236 g/mol. The Morgan fingerprint density at radius 3 is 2.83 bits per heavy atom. The molecule has 0 spiro atoms. The topological polar surface area (TPSA) is 92.0 Å². The van der Waals surface area contributed by atoms with Gasteiger partial charge in [0.05, 0.1) is 6.61 Å². The fraction of sp³-hybridized carbons (Fsp3) is 0.417. The van der Waals surface area contributed by atoms with E-state index in [0.717, 1.165) is 0 Å². The van der Waals surface area contributed by atoms with Gasteiger partial charge in [-0.1, -0.05) is 19.1 Å². The number of aliphatic hydroxyl groups is 1. The first-order valence-electron chi connectivity index (χ1n) is 5.58. The first-order valence-corrected chi connectivity index (χ1v) is 5.58. The van der Waals surface area contributed by atoms with Gasteiger partial charge in [-0.05, 0) is 13.0 Å². The molecule has 2 N–H and O–H groups in total. The smallest absolute Gasteiger partial charge is 0.362 e. The highest BCUT2D eigenvalue weighted by atomic mass is 16.5. The molecule has 0 aliphatic heterocycles. The van der Waals surface area contributed by atoms with Crippen LogP contribution in [0.5, 0.6) is 0 Å². The summed E-state index contributed by atoms with van der Waals surface area (Å²) >= 11 is 0. The summed E-state index contributed by atoms with van der Waals surface area (Å²) in [6, 6.07) is 0. The Balaban J connectivity index is 2.63. The van der Waals surface area contributed by atoms with Crippen molar-refractivity contribution in [2.75, 3.05) is 13.2 Å². The Morgan fingerprint density at radius 2 is 2.33 bits per heavy atom. The predicted octanol–water partition coefficient (Wildman–Crippen LogP) is 2.46. The number of rotatable bonds is 6. The third-order valence-electron chi connectivity index (χ3n) is 2.34. The van der Waals surface area contributed by atoms with Crippen LogP contribution >= 0.6 is 0 Å². The van der Waals surface area contributed by atoms with E-state index in [-0.39, 0.29) is 19.1 Å². The van der Waals surface area contributed by atoms with Crippen LogP contribution in [-0.2, 0) is 14.3 Å². The van der Waals surface area contributed by atoms with Crippen molar-refractivity contribution in [3.63, 3.8) is 0 Å². The molecule has 0 saturated carbocycles. The molecule has 6 heteroatoms. The Hall–Kier alpha value is -2.11. The molecule has 0 heterocycles. The van der Waals surface area contributed by atoms with E-state index in [1.165, 1.54) is 0 Å². The number of allylic oxidation sites excluding steroid dienone is 3. The monoisotopic (exact) mass is 252 g/mol. The second kappa shape index (κ2) is 6.58. The summed E-state index contributed by atoms with van der Waals surface area (Å²) in [5.41, 5.74) is 6.42. The molecule has 0 bridgehead atoms. The van der Waals surface area contributed by atoms with E-state index in [4.69, 9.17) is 10.3 Å². The number of carbonyl (C=O) groups is 1. The zero-order valence-corrected chi connectivity index (χ0v) is 10.3. The lowest BCUT2D eigenvalue weighted by atomic mass is 10.2. The largest absolute Gasteiger partial charge is 0.506 e. The average Bonchev–Trinajstić information content (AvgIpc) is 2.73. The number of esters is 1. The normalized spacial score (nSPS) is 19.0. The highest BCUT2D eigenvalue weighted by Crippen LogP contribution is 2.20. The van der Waals surface area contributed by atoms with E-state index in [0.29, 0.717) is 5.76 Å². The zero-order valence-electron chi connectivity index (χ0n) is 10.3. The van der Waals surface area contributed by atoms with E-state index in [1.54, 1.807) is 13.0 Å². The molecule has 1 aliphatic carbocycles. The first-order chi connectivity index (χ1) is 8.60. The molecule has 0 aromatic rings. The standard InChI is InChI=1S/C12H16N2O4/c1-3-17-12(16)11(14-13)9(15)7-18-10-6-4-5-8(10)2/h4-6,8,13,15H,3,7H2,1-2H3/t8-/m0/s1. The molecule has 0 fully saturated rings. The summed E-state index contributed by atoms with van der Waals surface area (Å²) < 4.78 is 9.98. The van der Waals surface area contributed by atoms with Gasteiger partial charge < -0.3 is 14.6 Å². The van der Waals surface area contributed by atoms with Gasteiger partial charge in [0.15, 0.2) is 5.76 Å². The van der Waals surface area contributed by atoms with Gasteiger partial charge in [-0.3, -0.25) is 0 Å². The lowest BCUT2D eigenvalue weighted by Gasteiger charge is -2.11. The fourth-order valence-corrected chi connectivity index (χ4v) is 1.39. The minimum absolute atomic E-state index is 0.136. The van der Waals surface area contributed by atoms with Crippen LogP contribution in [-0.4, -0.2) is 24.3 Å². The van der Waals surface area contributed by atoms with Crippen LogP contribution in [0, 0.1) is 11.4 Å². The van der Waals surface area contributed by atoms with Gasteiger partial charge in [-0.15, -0.1) is 5.11 Å². The van der Waals surface area contributed by atoms with Crippen LogP contribution < -0.4 is 0 Å². The third kappa shape index (κ3) is 3.44. The van der Waals surface area contributed by atoms with Crippen LogP contribution in [0.3, 0.4) is 0 Å². The molecule has 18 heavy (non-hydrogen) atoms. The van der Waals surface area contributed by atoms with Crippen molar-refractivity contribution in [3.05, 3.63) is 35.4 Å². The second-order valence-electron chi connectivity index (χ2n) is 3.66. The summed E-state index contributed by atoms with van der Waals surface area (Å²) in [6.07, 6.45) is 5.57. The van der Waals surface area contributed by atoms with Gasteiger partial charge in [0.1, 0.15) is 12.4 Å². The Bertz CT molecular complexity index is 424. The third-order valence-corrected chi connectivity index (χ3v) is 2.34. The predicted molar refractivity (Wildman–Crippen MR) is 63.8 cm³/mol. The molecular formula is C12H16N2O4. The Morgan fingerprint density at radius 1 is 1.61 bits per heavy atom. The first kappa shape index (κ1) is 14.0. The molecule has 6 nitrogen and oxygen atoms in total. The van der Waals surface area contributed by atoms with Crippen LogP contribution in [0.25, 0.3) is 0 Å². The zero-order chi connectivity index (χ0) is 13.5. The van der Waals surface area contributed by atoms with E-state index in [9.17, 15) is 9.90 Å². The maximum absolute atomic E-state index is 11.3. The van der Waals surface area contributed by atoms with Crippen LogP contribution in [0.4, 0.5) is 0 Å². The van der Waals surface area contributed by atoms with Crippen molar-refractivity contribution < 1.29 is 19.4 Å². The molecule has 0 saturated heterocycles. The second-order valence-corrected chi connectivity index (χ2v) is 3.66. The van der Waals surface area contributed by atoms with Gasteiger partial charge in [-0.2, -0.15) is 0 Å². The van der Waals surface area contributed by atoms with E-state index in [1.807, 2.05) is 19.1 Å². The highest BCUT2D eigenvalue weighted by molar-refractivity contribution is 5.88. The highest BCUT2D eigenvalue weighted by Gasteiger charge is 2.18. The van der Waals surface area contributed by atoms with Crippen molar-refractivity contribution in [2.24, 2.45) is 11.0 Å². The van der Waals surface area contributed by atoms with Crippen molar-refractivity contribution in [1.29, 1.82) is 5.53 Å². The molecule has 0 aromatic heterocycles. The van der Waals surface area contributed by atoms with Crippen LogP contribution in [0.15, 0.2) is 40.6 Å². The summed E-state index contributed by atoms with van der Waals surface area (Å²) in [4.78, 5) is 11.3. The molecule has 0 unspecified atom stereocenters. The van der Waals surface area contributed by atoms with E-state index in [2.05, 4.69) is 9.85 Å². The molecule has 1 atom stereocenters. The number of aliphatic hydroxyl groups excluding tert-OH is 1. The molecule has 1 aliphatic rings. The van der Waals surface area contributed by atoms with E-state index >= 15 is 0 Å². The van der Waals surface area contributed by atoms with Gasteiger partial charge in [-0.25, -0.2) is 10.3 Å². The number of hydrogen-bond donors (Lipinski definition) is 2. The van der Waals surface area contributed by atoms with Crippen molar-refractivity contribution in [2.45, 2.75) is 13.8 Å². The molecule has 0 amide bonds. The van der Waals surface area contributed by atoms with Gasteiger partial charge in [0.2, 0.25) is 5.70 Å². The van der Waals surface area contributed by atoms with Gasteiger partial charge in [0, 0.05) is 5.92 Å². The molecule has 1 rings (SSSR count). The van der Waals surface area contributed by atoms with Crippen LogP contribution in [0.2, 0.25) is 0 Å². The lowest BCUT2D eigenvalue weighted by molar-refractivity contribution is -0.138. The number of nitrogens with one attached hydrogen (secondary N) is 1. The maximum Gasteiger partial charge on any atom is 0.362 e. The fourth-order valence-electron chi connectivity index (χ4n) is 1.39. The number of carbonyl (C=O) groups excluding carboxylic acids is 1. The summed E-state index contributed by atoms with van der Waals surface area (Å²) in [5.74, 6) is -0.421. The summed E-state index contributed by atoms with van der Waals surface area (Å²) in [6.45, 7) is 3.51. The molecule has 98 valence electrons. The maximum atomic E-state index is 11.3. The lowest BCUT2D eigenvalue weighted by Crippen LogP contribution is -2.11. The Kier molecular flexibility index (Phi) is 5.10. The van der Waals surface area contributed by atoms with Crippen molar-refractivity contribution in [3.8, 4) is 0 Å². The number of hydrogen-bond acceptors (Lipinski definition) is 6. The minimum Gasteiger partial charge on any atom is -0.506 e. The average molecular weight is 252 g/mol. The summed E-state index contributed by atoms with van der Waals surface area (Å²) in [7, 11) is 0.